The second-order valence-electron chi connectivity index (χ2n) is 31.3. The minimum atomic E-state index is -1.55. The van der Waals surface area contributed by atoms with Crippen LogP contribution in [0.25, 0.3) is 0 Å². The zero-order valence-corrected chi connectivity index (χ0v) is 46.9. The van der Waals surface area contributed by atoms with Crippen LogP contribution in [0.2, 0.25) is 0 Å². The van der Waals surface area contributed by atoms with Crippen molar-refractivity contribution in [3.8, 4) is 0 Å². The smallest absolute Gasteiger partial charge is 0.347 e. The molecule has 1 saturated heterocycles. The van der Waals surface area contributed by atoms with Crippen molar-refractivity contribution in [2.75, 3.05) is 6.61 Å². The molecular weight excluding hydrogens is 933 g/mol. The number of hydrogen-bond acceptors (Lipinski definition) is 11. The lowest BCUT2D eigenvalue weighted by atomic mass is 9.47. The number of rotatable bonds is 17. The quantitative estimate of drug-likeness (QED) is 0.109. The van der Waals surface area contributed by atoms with Crippen LogP contribution in [0.3, 0.4) is 0 Å². The van der Waals surface area contributed by atoms with E-state index >= 15 is 14.4 Å². The van der Waals surface area contributed by atoms with E-state index in [4.69, 9.17) is 23.7 Å². The first kappa shape index (κ1) is 52.0. The van der Waals surface area contributed by atoms with Gasteiger partial charge in [0, 0.05) is 12.8 Å². The summed E-state index contributed by atoms with van der Waals surface area (Å²) in [6, 6.07) is 0. The molecule has 15 fully saturated rings. The van der Waals surface area contributed by atoms with Crippen LogP contribution in [0, 0.1) is 110 Å². The number of carbonyl (C=O) groups is 5. The molecule has 10 unspecified atom stereocenters. The van der Waals surface area contributed by atoms with E-state index in [2.05, 4.69) is 34.6 Å². The van der Waals surface area contributed by atoms with Crippen LogP contribution in [0.1, 0.15) is 216 Å². The Balaban J connectivity index is 0.920. The van der Waals surface area contributed by atoms with Gasteiger partial charge in [-0.3, -0.25) is 19.2 Å². The van der Waals surface area contributed by atoms with Gasteiger partial charge in [-0.1, -0.05) is 20.8 Å². The number of cyclic esters (lactones) is 1. The van der Waals surface area contributed by atoms with Crippen LogP contribution >= 0.6 is 0 Å². The van der Waals surface area contributed by atoms with E-state index in [1.54, 1.807) is 6.92 Å². The van der Waals surface area contributed by atoms with Gasteiger partial charge in [-0.05, 0) is 272 Å². The fourth-order valence-electron chi connectivity index (χ4n) is 22.5. The lowest BCUT2D eigenvalue weighted by Crippen LogP contribution is -2.63. The Hall–Kier alpha value is -2.69. The van der Waals surface area contributed by atoms with Crippen LogP contribution in [0.4, 0.5) is 0 Å². The Morgan fingerprint density at radius 3 is 1.64 bits per heavy atom. The van der Waals surface area contributed by atoms with Crippen LogP contribution in [-0.4, -0.2) is 70.1 Å². The van der Waals surface area contributed by atoms with Crippen molar-refractivity contribution in [3.05, 3.63) is 0 Å². The first-order valence-electron chi connectivity index (χ1n) is 30.5. The van der Waals surface area contributed by atoms with Crippen LogP contribution < -0.4 is 0 Å². The van der Waals surface area contributed by atoms with Crippen molar-refractivity contribution in [3.63, 3.8) is 0 Å². The van der Waals surface area contributed by atoms with E-state index in [0.29, 0.717) is 77.9 Å². The lowest BCUT2D eigenvalue weighted by molar-refractivity contribution is -0.235. The van der Waals surface area contributed by atoms with E-state index in [0.717, 1.165) is 89.9 Å². The highest BCUT2D eigenvalue weighted by Gasteiger charge is 2.66. The molecule has 15 rings (SSSR count). The number of fused-ring (bicyclic) bond motifs is 2. The predicted molar refractivity (Wildman–Crippen MR) is 276 cm³/mol. The Kier molecular flexibility index (Phi) is 12.4. The van der Waals surface area contributed by atoms with E-state index in [1.165, 1.54) is 25.7 Å². The molecule has 14 bridgehead atoms. The number of esters is 5. The van der Waals surface area contributed by atoms with Gasteiger partial charge in [0.1, 0.15) is 16.8 Å². The van der Waals surface area contributed by atoms with Crippen LogP contribution in [0.15, 0.2) is 0 Å². The van der Waals surface area contributed by atoms with Crippen molar-refractivity contribution >= 4 is 29.8 Å². The summed E-state index contributed by atoms with van der Waals surface area (Å²) in [5.74, 6) is 4.01. The van der Waals surface area contributed by atoms with Crippen molar-refractivity contribution in [2.45, 2.75) is 245 Å². The van der Waals surface area contributed by atoms with Crippen molar-refractivity contribution < 1.29 is 52.8 Å². The molecule has 15 aliphatic rings. The van der Waals surface area contributed by atoms with Crippen LogP contribution in [0.5, 0.6) is 0 Å². The maximum atomic E-state index is 16.3. The number of carbonyl (C=O) groups excluding carboxylic acids is 5. The third-order valence-electron chi connectivity index (χ3n) is 24.7. The average molecular weight is 1030 g/mol. The molecule has 0 aromatic heterocycles. The third kappa shape index (κ3) is 8.57. The zero-order chi connectivity index (χ0) is 52.3. The molecule has 0 aromatic carbocycles. The second kappa shape index (κ2) is 17.7. The first-order valence-corrected chi connectivity index (χ1v) is 30.5. The summed E-state index contributed by atoms with van der Waals surface area (Å²) < 4.78 is 32.9. The summed E-state index contributed by atoms with van der Waals surface area (Å²) in [7, 11) is 0. The van der Waals surface area contributed by atoms with Gasteiger partial charge in [-0.2, -0.15) is 0 Å². The highest BCUT2D eigenvalue weighted by Crippen LogP contribution is 2.66. The third-order valence-corrected chi connectivity index (χ3v) is 24.7. The topological polar surface area (TPSA) is 152 Å². The van der Waals surface area contributed by atoms with Gasteiger partial charge in [0.2, 0.25) is 6.10 Å². The van der Waals surface area contributed by atoms with E-state index in [1.807, 2.05) is 20.8 Å². The SMILES string of the molecule is CC1C2CCC(C2)C1CC(C)(CC(C)(CC(C)(CC(C)(C)C(=O)OC12CC3CC(CC(O)(C3)C1)C2)C(=O)OC1CCOC1=O)C(=O)OC1(C)C2CC3CC(C2)CC1C3)C(=O)OC1(C(C)C)C2CC3CC(C2)CC1C3. The first-order chi connectivity index (χ1) is 34.7. The number of ether oxygens (including phenoxy) is 5. The van der Waals surface area contributed by atoms with Crippen molar-refractivity contribution in [1.82, 2.24) is 0 Å². The molecule has 412 valence electrons. The minimum Gasteiger partial charge on any atom is -0.463 e. The summed E-state index contributed by atoms with van der Waals surface area (Å²) in [4.78, 5) is 76.1. The molecule has 1 N–H and O–H groups in total. The van der Waals surface area contributed by atoms with Gasteiger partial charge < -0.3 is 28.8 Å². The molecule has 1 heterocycles. The summed E-state index contributed by atoms with van der Waals surface area (Å²) >= 11 is 0. The molecule has 0 amide bonds. The molecule has 11 heteroatoms. The van der Waals surface area contributed by atoms with Gasteiger partial charge >= 0.3 is 29.8 Å². The Morgan fingerprint density at radius 2 is 1.12 bits per heavy atom. The molecule has 14 aliphatic carbocycles. The van der Waals surface area contributed by atoms with Gasteiger partial charge in [0.25, 0.3) is 0 Å². The average Bonchev–Trinajstić information content (AvgIpc) is 4.03. The number of hydrogen-bond donors (Lipinski definition) is 1. The molecule has 0 aromatic rings. The molecule has 0 spiro atoms. The molecule has 74 heavy (non-hydrogen) atoms. The summed E-state index contributed by atoms with van der Waals surface area (Å²) in [6.07, 6.45) is 18.7. The maximum Gasteiger partial charge on any atom is 0.347 e. The standard InChI is InChI=1S/C63H94O11/c1-35(2)63(47-21-39-15-40(23-47)24-48(63)22-39)74-54(67)57(6,30-49-36(3)43-10-11-44(49)25-43)32-59(8,55(68)72-60(9)45-17-37-14-38(19-45)20-46(60)18-37)33-58(7,53(66)71-50-12-13-70-51(50)64)31-56(4,5)52(65)73-62-28-41-16-42(29-62)27-61(69,26-41)34-62/h35-50,69H,10-34H2,1-9H3. The fraction of sp³-hybridized carbons (Fsp3) is 0.921. The van der Waals surface area contributed by atoms with E-state index in [-0.39, 0.29) is 61.9 Å². The van der Waals surface area contributed by atoms with E-state index in [9.17, 15) is 14.7 Å². The fourth-order valence-corrected chi connectivity index (χ4v) is 22.5. The van der Waals surface area contributed by atoms with Gasteiger partial charge in [-0.15, -0.1) is 0 Å². The molecule has 10 atom stereocenters. The number of aliphatic hydroxyl groups is 1. The summed E-state index contributed by atoms with van der Waals surface area (Å²) in [5, 5.41) is 11.7. The van der Waals surface area contributed by atoms with Gasteiger partial charge in [0.15, 0.2) is 0 Å². The lowest BCUT2D eigenvalue weighted by Gasteiger charge is -2.62. The normalized spacial score (nSPS) is 47.3. The molecule has 11 nitrogen and oxygen atoms in total. The Morgan fingerprint density at radius 1 is 0.608 bits per heavy atom. The zero-order valence-electron chi connectivity index (χ0n) is 46.9. The monoisotopic (exact) mass is 1030 g/mol. The van der Waals surface area contributed by atoms with E-state index < -0.39 is 74.0 Å². The van der Waals surface area contributed by atoms with Gasteiger partial charge in [0.05, 0.1) is 33.9 Å². The van der Waals surface area contributed by atoms with Crippen molar-refractivity contribution in [1.29, 1.82) is 0 Å². The maximum absolute atomic E-state index is 16.3. The van der Waals surface area contributed by atoms with Crippen molar-refractivity contribution in [2.24, 2.45) is 110 Å². The molecule has 1 aliphatic heterocycles. The second-order valence-corrected chi connectivity index (χ2v) is 31.3. The van der Waals surface area contributed by atoms with Crippen LogP contribution in [-0.2, 0) is 47.7 Å². The van der Waals surface area contributed by atoms with Gasteiger partial charge in [-0.25, -0.2) is 4.79 Å². The highest BCUT2D eigenvalue weighted by atomic mass is 16.6. The molecule has 14 saturated carbocycles. The minimum absolute atomic E-state index is 0.0475. The molecular formula is C63H94O11. The summed E-state index contributed by atoms with van der Waals surface area (Å²) in [5.41, 5.74) is -8.28. The summed E-state index contributed by atoms with van der Waals surface area (Å²) in [6.45, 7) is 18.6. The highest BCUT2D eigenvalue weighted by molar-refractivity contribution is 5.86. The Labute approximate surface area is 442 Å². The largest absolute Gasteiger partial charge is 0.463 e. The predicted octanol–water partition coefficient (Wildman–Crippen LogP) is 11.9. The molecule has 0 radical (unpaired) electrons. The Bertz CT molecular complexity index is 2210.